The summed E-state index contributed by atoms with van der Waals surface area (Å²) in [6.45, 7) is 8.67. The number of β-amino-alcohol motifs (C(OH)–C–C–N with tert-alkyl or cyclic N) is 1. The number of rotatable bonds is 34. The zero-order valence-corrected chi connectivity index (χ0v) is 78.1. The van der Waals surface area contributed by atoms with Crippen LogP contribution in [0.3, 0.4) is 0 Å². The Balaban J connectivity index is 0.000000190. The number of likely N-dealkylation sites (tertiary alicyclic amines) is 5. The number of piperidine rings is 5. The molecule has 5 aliphatic rings. The first-order valence-electron chi connectivity index (χ1n) is 59.6. The van der Waals surface area contributed by atoms with Gasteiger partial charge >= 0.3 is 0 Å². The Bertz CT molecular complexity index is 6410. The van der Waals surface area contributed by atoms with Crippen molar-refractivity contribution in [1.29, 1.82) is 0 Å². The van der Waals surface area contributed by atoms with Crippen LogP contribution in [0.4, 0.5) is 28.4 Å². The van der Waals surface area contributed by atoms with Crippen molar-refractivity contribution in [2.45, 2.75) is 191 Å². The summed E-state index contributed by atoms with van der Waals surface area (Å²) in [5, 5.41) is 19.1. The van der Waals surface area contributed by atoms with E-state index in [9.17, 15) is 29.1 Å². The van der Waals surface area contributed by atoms with Gasteiger partial charge in [-0.15, -0.1) is 45.3 Å². The van der Waals surface area contributed by atoms with Crippen LogP contribution >= 0.6 is 45.3 Å². The lowest BCUT2D eigenvalue weighted by atomic mass is 9.96. The predicted octanol–water partition coefficient (Wildman–Crippen LogP) is 20.3. The molecule has 1 unspecified atom stereocenters. The van der Waals surface area contributed by atoms with Crippen molar-refractivity contribution in [3.63, 3.8) is 0 Å². The van der Waals surface area contributed by atoms with Gasteiger partial charge in [0.05, 0.1) is 36.2 Å². The van der Waals surface area contributed by atoms with E-state index in [0.29, 0.717) is 94.1 Å². The molecule has 0 spiro atoms. The molecule has 0 radical (unpaired) electrons. The van der Waals surface area contributed by atoms with Crippen molar-refractivity contribution < 1.29 is 90.5 Å². The summed E-state index contributed by atoms with van der Waals surface area (Å²) >= 11 is 6.93. The van der Waals surface area contributed by atoms with E-state index in [0.717, 1.165) is 74.8 Å². The summed E-state index contributed by atoms with van der Waals surface area (Å²) in [7, 11) is -2.30. The van der Waals surface area contributed by atoms with Crippen LogP contribution in [0.2, 0.25) is 0 Å². The van der Waals surface area contributed by atoms with Gasteiger partial charge in [-0.2, -0.15) is 0 Å². The van der Waals surface area contributed by atoms with Gasteiger partial charge in [0.1, 0.15) is 22.9 Å². The zero-order chi connectivity index (χ0) is 119. The van der Waals surface area contributed by atoms with Crippen molar-refractivity contribution in [1.82, 2.24) is 24.5 Å². The number of amides is 5. The van der Waals surface area contributed by atoms with Gasteiger partial charge < -0.3 is 53.5 Å². The number of hydrogen-bond donors (Lipinski definition) is 1. The largest absolute Gasteiger partial charge is 0.387 e. The van der Waals surface area contributed by atoms with E-state index < -0.39 is 177 Å². The molecule has 6 aromatic carbocycles. The fourth-order valence-electron chi connectivity index (χ4n) is 16.8. The van der Waals surface area contributed by atoms with Gasteiger partial charge in [-0.25, -0.2) is 0 Å². The van der Waals surface area contributed by atoms with Crippen LogP contribution in [0.25, 0.3) is 0 Å². The molecular formula is C106H140N10O10S4. The lowest BCUT2D eigenvalue weighted by molar-refractivity contribution is -0.128. The number of aliphatic hydroxyl groups is 1. The van der Waals surface area contributed by atoms with Crippen LogP contribution in [0.15, 0.2) is 252 Å². The summed E-state index contributed by atoms with van der Waals surface area (Å²) in [6, 6.07) is 32.5. The molecule has 0 saturated carbocycles. The Kier molecular flexibility index (Phi) is 26.8. The maximum absolute atomic E-state index is 13.4. The highest BCUT2D eigenvalue weighted by atomic mass is 32.1. The molecule has 5 fully saturated rings. The topological polar surface area (TPSA) is 175 Å². The number of carbonyl (C=O) groups excluding carboxylic acids is 5. The first kappa shape index (κ1) is 66.5. The maximum Gasteiger partial charge on any atom is 0.229 e. The number of anilines is 5. The van der Waals surface area contributed by atoms with Crippen molar-refractivity contribution in [2.24, 2.45) is 0 Å². The van der Waals surface area contributed by atoms with E-state index in [1.54, 1.807) is 101 Å². The average molecular weight is 1870 g/mol. The number of nitrogens with zero attached hydrogens (tertiary/aromatic N) is 10. The zero-order valence-electron chi connectivity index (χ0n) is 106. The number of carbonyl (C=O) groups is 5. The molecule has 0 aliphatic carbocycles. The van der Waals surface area contributed by atoms with Gasteiger partial charge in [-0.1, -0.05) is 180 Å². The van der Waals surface area contributed by atoms with Crippen molar-refractivity contribution in [3.8, 4) is 0 Å². The number of hydrogen-bond acceptors (Lipinski definition) is 19. The number of benzene rings is 6. The van der Waals surface area contributed by atoms with E-state index in [4.69, 9.17) is 61.4 Å². The van der Waals surface area contributed by atoms with Gasteiger partial charge in [0.2, 0.25) is 29.5 Å². The van der Waals surface area contributed by atoms with Crippen LogP contribution in [0.1, 0.15) is 204 Å². The highest BCUT2D eigenvalue weighted by Gasteiger charge is 2.48. The Morgan fingerprint density at radius 2 is 0.700 bits per heavy atom. The van der Waals surface area contributed by atoms with Crippen LogP contribution in [0.5, 0.6) is 0 Å². The SMILES string of the molecule is [2H]C([2H])(C)C(=O)N(c1ccccc1)C1(OC)CCN(CCc2cccs2)CC1.[2H]C([2H])([2H])OC1(N(C(=O)CC)c2ccccc2)CCN(CCc2cccs2)CC1.[2H]c1c([2H])c([2H])c(N(C(=O)C([2H])([2H])C([2H])([2H])[2H])C2CCN(C([2H])([2H])C([2H])(O)c3ccccc3)CC2)c([2H])c1[2H].[2H]c1c([2H])c([2H])c(N(C(=O)CC)C2(OC([2H])([2H])[2H])CCN(CCc3cccs3)CC2)c([2H])c1[2H].[2H]c1c([2H])c([2H])c(N(C(=O)CC)C2(OC)CCN(CCc3cccs3)CC2)c([2H])c1[2H]. The maximum atomic E-state index is 13.4. The highest BCUT2D eigenvalue weighted by molar-refractivity contribution is 7.10. The monoisotopic (exact) mass is 1870 g/mol. The van der Waals surface area contributed by atoms with Gasteiger partial charge in [-0.3, -0.25) is 43.6 Å². The summed E-state index contributed by atoms with van der Waals surface area (Å²) < 4.78 is 271. The van der Waals surface area contributed by atoms with E-state index in [1.165, 1.54) is 50.6 Å². The lowest BCUT2D eigenvalue weighted by Gasteiger charge is -2.47. The van der Waals surface area contributed by atoms with E-state index >= 15 is 0 Å². The number of thiophene rings is 4. The molecule has 20 nitrogen and oxygen atoms in total. The number of para-hydroxylation sites is 5. The minimum absolute atomic E-state index is 0.000990. The van der Waals surface area contributed by atoms with Crippen molar-refractivity contribution in [3.05, 3.63) is 277 Å². The Morgan fingerprint density at radius 3 is 0.992 bits per heavy atom. The average Bonchev–Trinajstić information content (AvgIpc) is 0.831. The van der Waals surface area contributed by atoms with Crippen LogP contribution in [-0.4, -0.2) is 215 Å². The fourth-order valence-corrected chi connectivity index (χ4v) is 19.6. The van der Waals surface area contributed by atoms with E-state index in [2.05, 4.69) is 72.1 Å². The highest BCUT2D eigenvalue weighted by Crippen LogP contribution is 2.41. The third-order valence-corrected chi connectivity index (χ3v) is 27.8. The van der Waals surface area contributed by atoms with Crippen molar-refractivity contribution in [2.75, 3.05) is 151 Å². The minimum Gasteiger partial charge on any atom is -0.387 e. The molecular weight excluding hydrogens is 1700 g/mol. The molecule has 1 N–H and O–H groups in total. The molecule has 5 amide bonds. The van der Waals surface area contributed by atoms with Gasteiger partial charge in [0.15, 0.2) is 0 Å². The minimum atomic E-state index is -3.48. The first-order chi connectivity index (χ1) is 75.6. The van der Waals surface area contributed by atoms with Crippen LogP contribution < -0.4 is 24.5 Å². The Hall–Kier alpha value is -8.93. The summed E-state index contributed by atoms with van der Waals surface area (Å²) in [5.41, 5.74) is -4.52. The molecule has 5 saturated heterocycles. The van der Waals surface area contributed by atoms with Crippen LogP contribution in [-0.2, 0) is 68.6 Å². The Labute approximate surface area is 833 Å². The fraction of sp³-hybridized carbons (Fsp3) is 0.462. The van der Waals surface area contributed by atoms with Crippen molar-refractivity contribution >= 4 is 103 Å². The molecule has 0 bridgehead atoms. The molecule has 9 heterocycles. The second kappa shape index (κ2) is 52.5. The van der Waals surface area contributed by atoms with Crippen LogP contribution in [0, 0.1) is 0 Å². The molecule has 4 aromatic heterocycles. The van der Waals surface area contributed by atoms with Gasteiger partial charge in [0, 0.05) is 276 Å². The first-order valence-corrected chi connectivity index (χ1v) is 47.6. The van der Waals surface area contributed by atoms with E-state index in [1.807, 2.05) is 78.2 Å². The molecule has 10 aromatic rings. The number of methoxy groups -OCH3 is 4. The third-order valence-electron chi connectivity index (χ3n) is 24.1. The molecule has 1 atom stereocenters. The standard InChI is InChI=1S/C22H28N2O2.4C21H28N2O2S/c1-2-22(26)24(19-11-7-4-8-12-19)20-13-15-23(16-14-20)17-21(25)18-9-5-3-6-10-18;4*1-3-20(24)23(18-8-5-4-6-9-18)21(25-2)12-15-22(16-13-21)14-11-19-10-7-17-26-19/h3-12,20-21,25H,2,13-17H2,1H3;4*4-10,17H,3,11-16H2,1-2H3/i1D3,2D2,4D,7D,8D,11D,12D,17D2,21D;2D3,4D,5D,6D,8D,9D;4D,5D,6D,8D,9D;3D2;2D3. The third kappa shape index (κ3) is 28.1. The molecule has 130 heavy (non-hydrogen) atoms. The molecule has 5 aliphatic heterocycles. The Morgan fingerprint density at radius 1 is 0.392 bits per heavy atom. The van der Waals surface area contributed by atoms with Gasteiger partial charge in [-0.05, 0) is 150 Å². The van der Waals surface area contributed by atoms with Gasteiger partial charge in [0.25, 0.3) is 0 Å². The smallest absolute Gasteiger partial charge is 0.229 e. The lowest BCUT2D eigenvalue weighted by Crippen LogP contribution is -2.59. The molecule has 24 heteroatoms. The number of ether oxygens (including phenoxy) is 4. The summed E-state index contributed by atoms with van der Waals surface area (Å²) in [4.78, 5) is 87.3. The molecule has 15 rings (SSSR count). The summed E-state index contributed by atoms with van der Waals surface area (Å²) in [5.74, 6) is -3.22. The normalized spacial score (nSPS) is 21.4. The quantitative estimate of drug-likeness (QED) is 0.0377. The second-order valence-electron chi connectivity index (χ2n) is 31.7. The predicted molar refractivity (Wildman–Crippen MR) is 536 cm³/mol. The second-order valence-corrected chi connectivity index (χ2v) is 35.8. The summed E-state index contributed by atoms with van der Waals surface area (Å²) in [6.07, 6.45) is -0.878. The molecule has 698 valence electrons. The van der Waals surface area contributed by atoms with E-state index in [-0.39, 0.29) is 98.9 Å².